The van der Waals surface area contributed by atoms with Crippen molar-refractivity contribution in [2.75, 3.05) is 0 Å². The van der Waals surface area contributed by atoms with E-state index in [2.05, 4.69) is 117 Å². The van der Waals surface area contributed by atoms with Gasteiger partial charge < -0.3 is 5.11 Å². The van der Waals surface area contributed by atoms with Crippen LogP contribution in [0.15, 0.2) is 196 Å². The standard InChI is InChI=1S/C23H20N2O2.C11H4.C8H4/c1-16(19-12-7-8-14-22(19)26)24-25-21(17-9-3-2-4-10-17)15-18-11-5-6-13-20(18)23(25)27;1-3-5-7-9-11-10-8-6-4-2;1-3-5-7-8-6-4-2/h2-14,21,26H,15H2,1H3;1-2H2;1-2H2/b24-16+;;. The predicted molar refractivity (Wildman–Crippen MR) is 181 cm³/mol. The quantitative estimate of drug-likeness (QED) is 0.245. The van der Waals surface area contributed by atoms with Gasteiger partial charge in [0.25, 0.3) is 5.91 Å². The average molecular weight is 593 g/mol. The van der Waals surface area contributed by atoms with E-state index in [1.807, 2.05) is 67.6 Å². The van der Waals surface area contributed by atoms with Gasteiger partial charge in [-0.05, 0) is 132 Å². The number of para-hydroxylation sites is 1. The van der Waals surface area contributed by atoms with Crippen molar-refractivity contribution in [1.29, 1.82) is 0 Å². The zero-order chi connectivity index (χ0) is 33.4. The number of fused-ring (bicyclic) bond motifs is 1. The smallest absolute Gasteiger partial charge is 0.274 e. The Labute approximate surface area is 269 Å². The monoisotopic (exact) mass is 592 g/mol. The Morgan fingerprint density at radius 2 is 1.13 bits per heavy atom. The highest BCUT2D eigenvalue weighted by Gasteiger charge is 2.33. The molecule has 1 N–H and O–H groups in total. The maximum Gasteiger partial charge on any atom is 0.274 e. The number of carbonyl (C=O) groups excluding carboxylic acids is 1. The van der Waals surface area contributed by atoms with Crippen molar-refractivity contribution in [3.8, 4) is 5.75 Å². The van der Waals surface area contributed by atoms with Crippen LogP contribution in [0.1, 0.15) is 40.0 Å². The van der Waals surface area contributed by atoms with Crippen LogP contribution >= 0.6 is 0 Å². The van der Waals surface area contributed by atoms with Crippen LogP contribution in [0.3, 0.4) is 0 Å². The van der Waals surface area contributed by atoms with Gasteiger partial charge in [0, 0.05) is 11.1 Å². The zero-order valence-corrected chi connectivity index (χ0v) is 25.4. The third-order valence-corrected chi connectivity index (χ3v) is 5.82. The second-order valence-electron chi connectivity index (χ2n) is 8.72. The van der Waals surface area contributed by atoms with E-state index in [4.69, 9.17) is 0 Å². The molecule has 0 fully saturated rings. The normalized spacial score (nSPS) is 11.4. The molecule has 4 rings (SSSR count). The molecule has 218 valence electrons. The summed E-state index contributed by atoms with van der Waals surface area (Å²) in [6.45, 7) is 14.9. The van der Waals surface area contributed by atoms with Gasteiger partial charge in [0.15, 0.2) is 0 Å². The van der Waals surface area contributed by atoms with Crippen molar-refractivity contribution in [2.24, 2.45) is 5.10 Å². The highest BCUT2D eigenvalue weighted by molar-refractivity contribution is 6.03. The minimum Gasteiger partial charge on any atom is -0.507 e. The Hall–Kier alpha value is -7.22. The lowest BCUT2D eigenvalue weighted by molar-refractivity contribution is 0.0654. The van der Waals surface area contributed by atoms with Crippen LogP contribution in [-0.4, -0.2) is 21.7 Å². The lowest BCUT2D eigenvalue weighted by atomic mass is 9.90. The fourth-order valence-corrected chi connectivity index (χ4v) is 3.91. The Morgan fingerprint density at radius 1 is 0.674 bits per heavy atom. The second-order valence-corrected chi connectivity index (χ2v) is 8.72. The molecule has 0 aromatic heterocycles. The highest BCUT2D eigenvalue weighted by atomic mass is 16.3. The largest absolute Gasteiger partial charge is 0.507 e. The fraction of sp³-hybridized carbons (Fsp3) is 0.0714. The first-order valence-corrected chi connectivity index (χ1v) is 13.6. The molecule has 0 bridgehead atoms. The Balaban J connectivity index is 0.000000321. The summed E-state index contributed by atoms with van der Waals surface area (Å²) < 4.78 is 0. The molecule has 3 aromatic rings. The maximum atomic E-state index is 13.2. The molecule has 0 spiro atoms. The third kappa shape index (κ3) is 11.6. The van der Waals surface area contributed by atoms with Crippen LogP contribution in [0.25, 0.3) is 0 Å². The minimum atomic E-state index is -0.186. The molecule has 1 atom stereocenters. The van der Waals surface area contributed by atoms with E-state index in [0.717, 1.165) is 11.1 Å². The first-order chi connectivity index (χ1) is 22.5. The summed E-state index contributed by atoms with van der Waals surface area (Å²) in [4.78, 5) is 13.2. The molecule has 0 saturated heterocycles. The van der Waals surface area contributed by atoms with Gasteiger partial charge in [-0.2, -0.15) is 5.10 Å². The molecule has 1 amide bonds. The molecule has 3 aromatic carbocycles. The molecule has 1 unspecified atom stereocenters. The van der Waals surface area contributed by atoms with Crippen LogP contribution < -0.4 is 0 Å². The molecule has 1 aliphatic heterocycles. The summed E-state index contributed by atoms with van der Waals surface area (Å²) in [5.41, 5.74) is 40.4. The Bertz CT molecular complexity index is 2110. The number of aromatic hydroxyl groups is 1. The minimum absolute atomic E-state index is 0.125. The second kappa shape index (κ2) is 20.6. The van der Waals surface area contributed by atoms with Gasteiger partial charge in [-0.3, -0.25) is 4.79 Å². The van der Waals surface area contributed by atoms with Gasteiger partial charge in [0.2, 0.25) is 0 Å². The Morgan fingerprint density at radius 3 is 1.65 bits per heavy atom. The SMILES string of the molecule is C/C(=N\N1C(=O)c2ccccc2CC1c1ccccc1)c1ccccc1O.C=C=C=C=C=C=C=C.C=C=C=C=C=C=C=C=C=C=C. The summed E-state index contributed by atoms with van der Waals surface area (Å²) in [6, 6.07) is 24.5. The lowest BCUT2D eigenvalue weighted by Gasteiger charge is -2.33. The zero-order valence-electron chi connectivity index (χ0n) is 25.4. The number of amides is 1. The number of hydrogen-bond donors (Lipinski definition) is 1. The van der Waals surface area contributed by atoms with Crippen molar-refractivity contribution in [2.45, 2.75) is 19.4 Å². The summed E-state index contributed by atoms with van der Waals surface area (Å²) in [5.74, 6) is 0.0281. The number of rotatable bonds is 3. The van der Waals surface area contributed by atoms with Crippen LogP contribution in [0.5, 0.6) is 5.75 Å². The summed E-state index contributed by atoms with van der Waals surface area (Å²) in [5, 5.41) is 16.3. The molecule has 4 nitrogen and oxygen atoms in total. The summed E-state index contributed by atoms with van der Waals surface area (Å²) in [7, 11) is 0. The number of nitrogens with zero attached hydrogens (tertiary/aromatic N) is 2. The molecule has 0 saturated carbocycles. The predicted octanol–water partition coefficient (Wildman–Crippen LogP) is 8.49. The van der Waals surface area contributed by atoms with Gasteiger partial charge >= 0.3 is 0 Å². The number of carbonyl (C=O) groups is 1. The number of phenols is 1. The Kier molecular flexibility index (Phi) is 15.7. The van der Waals surface area contributed by atoms with E-state index in [1.54, 1.807) is 23.2 Å². The first-order valence-electron chi connectivity index (χ1n) is 13.6. The molecule has 1 aliphatic rings. The summed E-state index contributed by atoms with van der Waals surface area (Å²) >= 11 is 0. The van der Waals surface area contributed by atoms with Crippen molar-refractivity contribution in [3.05, 3.63) is 213 Å². The lowest BCUT2D eigenvalue weighted by Crippen LogP contribution is -2.37. The van der Waals surface area contributed by atoms with Crippen LogP contribution in [0, 0.1) is 0 Å². The van der Waals surface area contributed by atoms with Crippen molar-refractivity contribution in [3.63, 3.8) is 0 Å². The van der Waals surface area contributed by atoms with E-state index >= 15 is 0 Å². The molecular formula is C42H28N2O2. The topological polar surface area (TPSA) is 52.9 Å². The maximum absolute atomic E-state index is 13.2. The van der Waals surface area contributed by atoms with Crippen molar-refractivity contribution in [1.82, 2.24) is 5.01 Å². The van der Waals surface area contributed by atoms with E-state index in [9.17, 15) is 9.90 Å². The third-order valence-electron chi connectivity index (χ3n) is 5.82. The molecular weight excluding hydrogens is 564 g/mol. The number of hydrazone groups is 1. The van der Waals surface area contributed by atoms with Crippen LogP contribution in [-0.2, 0) is 6.42 Å². The van der Waals surface area contributed by atoms with Crippen molar-refractivity contribution >= 4 is 11.6 Å². The molecule has 0 radical (unpaired) electrons. The number of benzene rings is 3. The van der Waals surface area contributed by atoms with Gasteiger partial charge in [0.05, 0.1) is 11.8 Å². The summed E-state index contributed by atoms with van der Waals surface area (Å²) in [6.07, 6.45) is 0.698. The molecule has 0 aliphatic carbocycles. The van der Waals surface area contributed by atoms with E-state index < -0.39 is 0 Å². The molecule has 1 heterocycles. The van der Waals surface area contributed by atoms with E-state index in [-0.39, 0.29) is 17.7 Å². The average Bonchev–Trinajstić information content (AvgIpc) is 3.09. The number of phenolic OH excluding ortho intramolecular Hbond substituents is 1. The molecule has 4 heteroatoms. The van der Waals surface area contributed by atoms with Gasteiger partial charge in [-0.25, -0.2) is 5.01 Å². The van der Waals surface area contributed by atoms with Gasteiger partial charge in [0.1, 0.15) is 5.75 Å². The van der Waals surface area contributed by atoms with E-state index in [0.29, 0.717) is 23.3 Å². The van der Waals surface area contributed by atoms with E-state index in [1.165, 1.54) is 0 Å². The molecule has 46 heavy (non-hydrogen) atoms. The fourth-order valence-electron chi connectivity index (χ4n) is 3.91. The van der Waals surface area contributed by atoms with Crippen LogP contribution in [0.4, 0.5) is 0 Å². The first kappa shape index (κ1) is 35.0. The van der Waals surface area contributed by atoms with Gasteiger partial charge in [-0.15, -0.1) is 0 Å². The van der Waals surface area contributed by atoms with Crippen LogP contribution in [0.2, 0.25) is 0 Å². The number of hydrogen-bond acceptors (Lipinski definition) is 3. The van der Waals surface area contributed by atoms with Gasteiger partial charge in [-0.1, -0.05) is 83.6 Å². The highest BCUT2D eigenvalue weighted by Crippen LogP contribution is 2.34. The van der Waals surface area contributed by atoms with Crippen molar-refractivity contribution < 1.29 is 9.90 Å².